The van der Waals surface area contributed by atoms with Gasteiger partial charge in [-0.1, -0.05) is 44.7 Å². The van der Waals surface area contributed by atoms with E-state index in [9.17, 15) is 0 Å². The predicted molar refractivity (Wildman–Crippen MR) is 82.7 cm³/mol. The second-order valence-corrected chi connectivity index (χ2v) is 7.43. The molecule has 0 fully saturated rings. The quantitative estimate of drug-likeness (QED) is 0.817. The van der Waals surface area contributed by atoms with Crippen molar-refractivity contribution in [1.82, 2.24) is 0 Å². The smallest absolute Gasteiger partial charge is 0.161 e. The fraction of sp³-hybridized carbons (Fsp3) is 0.533. The Morgan fingerprint density at radius 3 is 2.22 bits per heavy atom. The van der Waals surface area contributed by atoms with Crippen LogP contribution in [0.2, 0.25) is 0 Å². The summed E-state index contributed by atoms with van der Waals surface area (Å²) in [7, 11) is 0. The van der Waals surface area contributed by atoms with Crippen LogP contribution < -0.4 is 5.32 Å². The Morgan fingerprint density at radius 2 is 1.78 bits per heavy atom. The zero-order chi connectivity index (χ0) is 13.4. The molecule has 1 aromatic carbocycles. The lowest BCUT2D eigenvalue weighted by atomic mass is 9.87. The summed E-state index contributed by atoms with van der Waals surface area (Å²) in [4.78, 5) is 4.66. The van der Waals surface area contributed by atoms with Crippen molar-refractivity contribution in [3.63, 3.8) is 0 Å². The van der Waals surface area contributed by atoms with Crippen molar-refractivity contribution < 1.29 is 0 Å². The maximum atomic E-state index is 4.66. The maximum Gasteiger partial charge on any atom is 0.161 e. The van der Waals surface area contributed by atoms with E-state index in [0.29, 0.717) is 0 Å². The monoisotopic (exact) mass is 262 g/mol. The number of amidine groups is 1. The third-order valence-corrected chi connectivity index (χ3v) is 4.29. The molecule has 0 saturated heterocycles. The molecule has 18 heavy (non-hydrogen) atoms. The van der Waals surface area contributed by atoms with Crippen LogP contribution in [-0.4, -0.2) is 16.5 Å². The number of aliphatic imine (C=N–C) groups is 1. The highest BCUT2D eigenvalue weighted by Crippen LogP contribution is 2.28. The molecule has 0 radical (unpaired) electrons. The Labute approximate surface area is 114 Å². The first-order chi connectivity index (χ1) is 8.26. The van der Waals surface area contributed by atoms with Gasteiger partial charge in [-0.05, 0) is 37.0 Å². The van der Waals surface area contributed by atoms with Gasteiger partial charge in [0.05, 0.1) is 5.54 Å². The first-order valence-corrected chi connectivity index (χ1v) is 7.35. The minimum Gasteiger partial charge on any atom is -0.335 e. The Balaban J connectivity index is 2.08. The molecule has 0 amide bonds. The van der Waals surface area contributed by atoms with Gasteiger partial charge in [0.15, 0.2) is 5.17 Å². The SMILES string of the molecule is CC1(C)CSC(Nc2ccc(C(C)(C)C)cc2)=N1. The Hall–Kier alpha value is -0.960. The summed E-state index contributed by atoms with van der Waals surface area (Å²) < 4.78 is 0. The lowest BCUT2D eigenvalue weighted by Crippen LogP contribution is -2.15. The molecule has 0 aromatic heterocycles. The summed E-state index contributed by atoms with van der Waals surface area (Å²) in [6, 6.07) is 8.64. The van der Waals surface area contributed by atoms with Crippen LogP contribution in [0.1, 0.15) is 40.2 Å². The molecule has 0 spiro atoms. The zero-order valence-corrected chi connectivity index (χ0v) is 12.7. The summed E-state index contributed by atoms with van der Waals surface area (Å²) in [5.74, 6) is 1.05. The van der Waals surface area contributed by atoms with Gasteiger partial charge in [0, 0.05) is 11.4 Å². The average Bonchev–Trinajstić information content (AvgIpc) is 2.57. The van der Waals surface area contributed by atoms with Crippen LogP contribution in [0.4, 0.5) is 5.69 Å². The van der Waals surface area contributed by atoms with Crippen LogP contribution in [0, 0.1) is 0 Å². The van der Waals surface area contributed by atoms with Gasteiger partial charge >= 0.3 is 0 Å². The minimum atomic E-state index is 0.0678. The summed E-state index contributed by atoms with van der Waals surface area (Å²) in [5, 5.41) is 4.42. The fourth-order valence-corrected chi connectivity index (χ4v) is 2.88. The molecule has 0 aliphatic carbocycles. The van der Waals surface area contributed by atoms with E-state index in [4.69, 9.17) is 0 Å². The van der Waals surface area contributed by atoms with Crippen LogP contribution in [0.15, 0.2) is 29.3 Å². The van der Waals surface area contributed by atoms with Gasteiger partial charge in [0.1, 0.15) is 0 Å². The van der Waals surface area contributed by atoms with E-state index < -0.39 is 0 Å². The number of benzene rings is 1. The number of anilines is 1. The van der Waals surface area contributed by atoms with E-state index in [1.54, 1.807) is 11.8 Å². The summed E-state index contributed by atoms with van der Waals surface area (Å²) in [6.45, 7) is 11.0. The minimum absolute atomic E-state index is 0.0678. The van der Waals surface area contributed by atoms with Crippen molar-refractivity contribution in [3.8, 4) is 0 Å². The highest BCUT2D eigenvalue weighted by atomic mass is 32.2. The fourth-order valence-electron chi connectivity index (χ4n) is 1.83. The van der Waals surface area contributed by atoms with E-state index in [0.717, 1.165) is 16.6 Å². The molecular formula is C15H22N2S. The van der Waals surface area contributed by atoms with Crippen LogP contribution in [0.5, 0.6) is 0 Å². The van der Waals surface area contributed by atoms with Crippen molar-refractivity contribution >= 4 is 22.6 Å². The Bertz CT molecular complexity index is 452. The third-order valence-electron chi connectivity index (χ3n) is 2.97. The van der Waals surface area contributed by atoms with Crippen molar-refractivity contribution in [2.24, 2.45) is 4.99 Å². The highest BCUT2D eigenvalue weighted by molar-refractivity contribution is 8.14. The van der Waals surface area contributed by atoms with Crippen molar-refractivity contribution in [2.75, 3.05) is 11.1 Å². The third kappa shape index (κ3) is 3.29. The molecule has 0 bridgehead atoms. The second kappa shape index (κ2) is 4.61. The van der Waals surface area contributed by atoms with E-state index in [2.05, 4.69) is 69.2 Å². The standard InChI is InChI=1S/C15H22N2S/c1-14(2,3)11-6-8-12(9-7-11)16-13-17-15(4,5)10-18-13/h6-9H,10H2,1-5H3,(H,16,17). The molecule has 2 rings (SSSR count). The highest BCUT2D eigenvalue weighted by Gasteiger charge is 2.25. The number of hydrogen-bond donors (Lipinski definition) is 1. The lowest BCUT2D eigenvalue weighted by Gasteiger charge is -2.19. The van der Waals surface area contributed by atoms with Gasteiger partial charge in [-0.15, -0.1) is 0 Å². The largest absolute Gasteiger partial charge is 0.335 e. The molecule has 1 aliphatic rings. The van der Waals surface area contributed by atoms with Gasteiger partial charge < -0.3 is 5.32 Å². The molecule has 0 saturated carbocycles. The van der Waals surface area contributed by atoms with Gasteiger partial charge in [0.2, 0.25) is 0 Å². The van der Waals surface area contributed by atoms with E-state index in [1.165, 1.54) is 5.56 Å². The number of hydrogen-bond acceptors (Lipinski definition) is 3. The number of nitrogens with one attached hydrogen (secondary N) is 1. The number of nitrogens with zero attached hydrogens (tertiary/aromatic N) is 1. The molecule has 1 aromatic rings. The topological polar surface area (TPSA) is 24.4 Å². The molecule has 98 valence electrons. The number of rotatable bonds is 1. The first-order valence-electron chi connectivity index (χ1n) is 6.36. The van der Waals surface area contributed by atoms with Crippen LogP contribution in [0.3, 0.4) is 0 Å². The van der Waals surface area contributed by atoms with Gasteiger partial charge in [-0.2, -0.15) is 0 Å². The van der Waals surface area contributed by atoms with Gasteiger partial charge in [-0.3, -0.25) is 4.99 Å². The molecule has 2 nitrogen and oxygen atoms in total. The van der Waals surface area contributed by atoms with Gasteiger partial charge in [-0.25, -0.2) is 0 Å². The molecule has 1 aliphatic heterocycles. The molecule has 1 N–H and O–H groups in total. The first kappa shape index (κ1) is 13.5. The lowest BCUT2D eigenvalue weighted by molar-refractivity contribution is 0.590. The summed E-state index contributed by atoms with van der Waals surface area (Å²) in [6.07, 6.45) is 0. The number of thioether (sulfide) groups is 1. The van der Waals surface area contributed by atoms with Crippen molar-refractivity contribution in [2.45, 2.75) is 45.6 Å². The molecule has 3 heteroatoms. The van der Waals surface area contributed by atoms with Crippen molar-refractivity contribution in [1.29, 1.82) is 0 Å². The Kier molecular flexibility index (Phi) is 3.45. The van der Waals surface area contributed by atoms with Crippen molar-refractivity contribution in [3.05, 3.63) is 29.8 Å². The molecule has 1 heterocycles. The van der Waals surface area contributed by atoms with E-state index in [-0.39, 0.29) is 11.0 Å². The normalized spacial score (nSPS) is 18.6. The predicted octanol–water partition coefficient (Wildman–Crippen LogP) is 4.28. The average molecular weight is 262 g/mol. The van der Waals surface area contributed by atoms with E-state index in [1.807, 2.05) is 0 Å². The maximum absolute atomic E-state index is 4.66. The molecule has 0 atom stereocenters. The van der Waals surface area contributed by atoms with Crippen LogP contribution in [0.25, 0.3) is 0 Å². The summed E-state index contributed by atoms with van der Waals surface area (Å²) in [5.41, 5.74) is 2.75. The van der Waals surface area contributed by atoms with Crippen LogP contribution in [-0.2, 0) is 5.41 Å². The Morgan fingerprint density at radius 1 is 1.17 bits per heavy atom. The van der Waals surface area contributed by atoms with Crippen LogP contribution >= 0.6 is 11.8 Å². The van der Waals surface area contributed by atoms with Gasteiger partial charge in [0.25, 0.3) is 0 Å². The zero-order valence-electron chi connectivity index (χ0n) is 11.9. The van der Waals surface area contributed by atoms with E-state index >= 15 is 0 Å². The molecule has 0 unspecified atom stereocenters. The molecular weight excluding hydrogens is 240 g/mol. The second-order valence-electron chi connectivity index (χ2n) is 6.47. The summed E-state index contributed by atoms with van der Waals surface area (Å²) >= 11 is 1.79.